The predicted molar refractivity (Wildman–Crippen MR) is 71.3 cm³/mol. The fourth-order valence-corrected chi connectivity index (χ4v) is 1.54. The molecule has 0 aliphatic carbocycles. The van der Waals surface area contributed by atoms with E-state index in [1.54, 1.807) is 0 Å². The van der Waals surface area contributed by atoms with E-state index in [1.165, 1.54) is 12.8 Å². The highest BCUT2D eigenvalue weighted by Gasteiger charge is 1.96. The van der Waals surface area contributed by atoms with Gasteiger partial charge in [-0.3, -0.25) is 4.98 Å². The topological polar surface area (TPSA) is 34.1 Å². The first kappa shape index (κ1) is 14.0. The summed E-state index contributed by atoms with van der Waals surface area (Å²) < 4.78 is 5.61. The number of pyridine rings is 1. The zero-order chi connectivity index (χ0) is 12.3. The fraction of sp³-hybridized carbons (Fsp3) is 0.643. The van der Waals surface area contributed by atoms with E-state index >= 15 is 0 Å². The van der Waals surface area contributed by atoms with E-state index in [1.807, 2.05) is 18.3 Å². The third-order valence-electron chi connectivity index (χ3n) is 2.55. The second-order valence-electron chi connectivity index (χ2n) is 4.22. The summed E-state index contributed by atoms with van der Waals surface area (Å²) >= 11 is 0. The molecule has 1 heterocycles. The summed E-state index contributed by atoms with van der Waals surface area (Å²) in [6, 6.07) is 4.03. The Kier molecular flexibility index (Phi) is 7.39. The van der Waals surface area contributed by atoms with Crippen molar-refractivity contribution >= 4 is 0 Å². The number of unbranched alkanes of at least 4 members (excludes halogenated alkanes) is 2. The van der Waals surface area contributed by atoms with E-state index in [0.717, 1.165) is 44.0 Å². The molecule has 1 N–H and O–H groups in total. The van der Waals surface area contributed by atoms with Crippen molar-refractivity contribution < 1.29 is 4.74 Å². The maximum Gasteiger partial charge on any atom is 0.137 e. The van der Waals surface area contributed by atoms with Crippen LogP contribution >= 0.6 is 0 Å². The van der Waals surface area contributed by atoms with Gasteiger partial charge in [-0.1, -0.05) is 26.7 Å². The van der Waals surface area contributed by atoms with Crippen molar-refractivity contribution in [2.45, 2.75) is 46.1 Å². The average molecular weight is 236 g/mol. The Balaban J connectivity index is 2.24. The Hall–Kier alpha value is -1.09. The number of nitrogens with one attached hydrogen (secondary N) is 1. The van der Waals surface area contributed by atoms with Gasteiger partial charge >= 0.3 is 0 Å². The molecule has 3 nitrogen and oxygen atoms in total. The highest BCUT2D eigenvalue weighted by Crippen LogP contribution is 2.10. The molecule has 0 amide bonds. The van der Waals surface area contributed by atoms with Gasteiger partial charge in [0, 0.05) is 6.54 Å². The van der Waals surface area contributed by atoms with Crippen LogP contribution in [0.3, 0.4) is 0 Å². The molecule has 0 fully saturated rings. The molecule has 0 saturated carbocycles. The lowest BCUT2D eigenvalue weighted by Gasteiger charge is -2.06. The zero-order valence-corrected chi connectivity index (χ0v) is 11.0. The second-order valence-corrected chi connectivity index (χ2v) is 4.22. The molecule has 0 bridgehead atoms. The van der Waals surface area contributed by atoms with Gasteiger partial charge in [-0.25, -0.2) is 0 Å². The number of aromatic nitrogens is 1. The average Bonchev–Trinajstić information content (AvgIpc) is 2.37. The van der Waals surface area contributed by atoms with Crippen LogP contribution in [-0.4, -0.2) is 18.1 Å². The summed E-state index contributed by atoms with van der Waals surface area (Å²) in [5.74, 6) is 0.875. The van der Waals surface area contributed by atoms with Crippen LogP contribution in [-0.2, 0) is 6.54 Å². The molecule has 17 heavy (non-hydrogen) atoms. The summed E-state index contributed by atoms with van der Waals surface area (Å²) in [5.41, 5.74) is 1.07. The highest BCUT2D eigenvalue weighted by molar-refractivity contribution is 5.19. The van der Waals surface area contributed by atoms with Crippen molar-refractivity contribution in [3.8, 4) is 5.75 Å². The molecule has 0 radical (unpaired) electrons. The molecule has 0 saturated heterocycles. The molecule has 1 aromatic rings. The lowest BCUT2D eigenvalue weighted by molar-refractivity contribution is 0.305. The van der Waals surface area contributed by atoms with Gasteiger partial charge in [0.25, 0.3) is 0 Å². The number of ether oxygens (including phenoxy) is 1. The molecule has 1 rings (SSSR count). The molecule has 0 aliphatic rings. The van der Waals surface area contributed by atoms with Crippen molar-refractivity contribution in [2.75, 3.05) is 13.2 Å². The van der Waals surface area contributed by atoms with Crippen molar-refractivity contribution in [2.24, 2.45) is 0 Å². The predicted octanol–water partition coefficient (Wildman–Crippen LogP) is 3.15. The monoisotopic (exact) mass is 236 g/mol. The molecule has 0 aromatic carbocycles. The van der Waals surface area contributed by atoms with Crippen LogP contribution in [0.25, 0.3) is 0 Å². The SMILES string of the molecule is CCCCCOc1ccc(CNCCC)nc1. The first-order valence-corrected chi connectivity index (χ1v) is 6.65. The van der Waals surface area contributed by atoms with Crippen LogP contribution in [0.4, 0.5) is 0 Å². The quantitative estimate of drug-likeness (QED) is 0.669. The minimum atomic E-state index is 0.795. The number of hydrogen-bond donors (Lipinski definition) is 1. The molecule has 0 aliphatic heterocycles. The summed E-state index contributed by atoms with van der Waals surface area (Å²) in [4.78, 5) is 4.36. The second kappa shape index (κ2) is 8.99. The summed E-state index contributed by atoms with van der Waals surface area (Å²) in [6.07, 6.45) is 6.54. The van der Waals surface area contributed by atoms with E-state index in [-0.39, 0.29) is 0 Å². The molecule has 3 heteroatoms. The summed E-state index contributed by atoms with van der Waals surface area (Å²) in [6.45, 7) is 7.02. The lowest BCUT2D eigenvalue weighted by Crippen LogP contribution is -2.14. The Morgan fingerprint density at radius 1 is 1.18 bits per heavy atom. The smallest absolute Gasteiger partial charge is 0.137 e. The molecular weight excluding hydrogens is 212 g/mol. The summed E-state index contributed by atoms with van der Waals surface area (Å²) in [5, 5.41) is 3.33. The first-order valence-electron chi connectivity index (χ1n) is 6.65. The summed E-state index contributed by atoms with van der Waals surface area (Å²) in [7, 11) is 0. The first-order chi connectivity index (χ1) is 8.36. The van der Waals surface area contributed by atoms with Crippen LogP contribution in [0.2, 0.25) is 0 Å². The van der Waals surface area contributed by atoms with Crippen molar-refractivity contribution in [3.05, 3.63) is 24.0 Å². The maximum absolute atomic E-state index is 5.61. The zero-order valence-electron chi connectivity index (χ0n) is 11.0. The third-order valence-corrected chi connectivity index (χ3v) is 2.55. The molecular formula is C14H24N2O. The highest BCUT2D eigenvalue weighted by atomic mass is 16.5. The number of rotatable bonds is 9. The Morgan fingerprint density at radius 3 is 2.71 bits per heavy atom. The van der Waals surface area contributed by atoms with Crippen LogP contribution in [0.15, 0.2) is 18.3 Å². The Labute approximate surface area is 105 Å². The van der Waals surface area contributed by atoms with Gasteiger partial charge in [0.05, 0.1) is 18.5 Å². The number of hydrogen-bond acceptors (Lipinski definition) is 3. The standard InChI is InChI=1S/C14H24N2O/c1-3-5-6-10-17-14-8-7-13(16-12-14)11-15-9-4-2/h7-8,12,15H,3-6,9-11H2,1-2H3. The Bertz CT molecular complexity index is 285. The van der Waals surface area contributed by atoms with Crippen LogP contribution in [0.1, 0.15) is 45.2 Å². The van der Waals surface area contributed by atoms with Gasteiger partial charge in [0.2, 0.25) is 0 Å². The third kappa shape index (κ3) is 6.27. The number of nitrogens with zero attached hydrogens (tertiary/aromatic N) is 1. The van der Waals surface area contributed by atoms with E-state index in [0.29, 0.717) is 0 Å². The normalized spacial score (nSPS) is 10.5. The van der Waals surface area contributed by atoms with Crippen LogP contribution in [0.5, 0.6) is 5.75 Å². The lowest BCUT2D eigenvalue weighted by atomic mass is 10.3. The molecule has 0 spiro atoms. The minimum absolute atomic E-state index is 0.795. The van der Waals surface area contributed by atoms with Crippen molar-refractivity contribution in [1.29, 1.82) is 0 Å². The van der Waals surface area contributed by atoms with Crippen LogP contribution in [0, 0.1) is 0 Å². The van der Waals surface area contributed by atoms with E-state index < -0.39 is 0 Å². The fourth-order valence-electron chi connectivity index (χ4n) is 1.54. The van der Waals surface area contributed by atoms with Crippen LogP contribution < -0.4 is 10.1 Å². The van der Waals surface area contributed by atoms with Gasteiger partial charge in [0.1, 0.15) is 5.75 Å². The van der Waals surface area contributed by atoms with Gasteiger partial charge in [-0.05, 0) is 31.5 Å². The van der Waals surface area contributed by atoms with Gasteiger partial charge in [-0.2, -0.15) is 0 Å². The Morgan fingerprint density at radius 2 is 2.06 bits per heavy atom. The molecule has 0 atom stereocenters. The maximum atomic E-state index is 5.61. The molecule has 0 unspecified atom stereocenters. The van der Waals surface area contributed by atoms with Gasteiger partial charge in [0.15, 0.2) is 0 Å². The van der Waals surface area contributed by atoms with E-state index in [4.69, 9.17) is 4.74 Å². The molecule has 1 aromatic heterocycles. The van der Waals surface area contributed by atoms with Gasteiger partial charge in [-0.15, -0.1) is 0 Å². The minimum Gasteiger partial charge on any atom is -0.492 e. The van der Waals surface area contributed by atoms with Crippen molar-refractivity contribution in [1.82, 2.24) is 10.3 Å². The largest absolute Gasteiger partial charge is 0.492 e. The van der Waals surface area contributed by atoms with E-state index in [2.05, 4.69) is 24.1 Å². The van der Waals surface area contributed by atoms with Gasteiger partial charge < -0.3 is 10.1 Å². The van der Waals surface area contributed by atoms with E-state index in [9.17, 15) is 0 Å². The van der Waals surface area contributed by atoms with Crippen molar-refractivity contribution in [3.63, 3.8) is 0 Å². The molecule has 96 valence electrons.